The van der Waals surface area contributed by atoms with Gasteiger partial charge in [-0.2, -0.15) is 5.10 Å². The number of rotatable bonds is 8. The fourth-order valence-corrected chi connectivity index (χ4v) is 2.76. The predicted octanol–water partition coefficient (Wildman–Crippen LogP) is 4.14. The quantitative estimate of drug-likeness (QED) is 0.781. The average molecular weight is 316 g/mol. The van der Waals surface area contributed by atoms with Crippen molar-refractivity contribution in [3.8, 4) is 0 Å². The Morgan fingerprint density at radius 3 is 2.61 bits per heavy atom. The van der Waals surface area contributed by atoms with Crippen LogP contribution in [0.15, 0.2) is 10.7 Å². The van der Waals surface area contributed by atoms with E-state index in [9.17, 15) is 0 Å². The average Bonchev–Trinajstić information content (AvgIpc) is 2.67. The van der Waals surface area contributed by atoms with Crippen molar-refractivity contribution in [2.45, 2.75) is 59.5 Å². The zero-order valence-electron chi connectivity index (χ0n) is 12.0. The summed E-state index contributed by atoms with van der Waals surface area (Å²) >= 11 is 3.64. The second-order valence-electron chi connectivity index (χ2n) is 5.18. The van der Waals surface area contributed by atoms with Crippen molar-refractivity contribution in [2.75, 3.05) is 6.54 Å². The SMILES string of the molecule is CCCn1ncc(Br)c1C(CCC(C)C)NCC. The highest BCUT2D eigenvalue weighted by Crippen LogP contribution is 2.28. The molecular formula is C14H26BrN3. The highest BCUT2D eigenvalue weighted by molar-refractivity contribution is 9.10. The van der Waals surface area contributed by atoms with E-state index < -0.39 is 0 Å². The first-order chi connectivity index (χ1) is 8.60. The largest absolute Gasteiger partial charge is 0.309 e. The summed E-state index contributed by atoms with van der Waals surface area (Å²) in [5, 5.41) is 8.05. The molecule has 104 valence electrons. The number of nitrogens with zero attached hydrogens (tertiary/aromatic N) is 2. The van der Waals surface area contributed by atoms with Crippen LogP contribution < -0.4 is 5.32 Å². The van der Waals surface area contributed by atoms with E-state index in [0.29, 0.717) is 6.04 Å². The molecule has 0 aromatic carbocycles. The van der Waals surface area contributed by atoms with E-state index in [-0.39, 0.29) is 0 Å². The highest BCUT2D eigenvalue weighted by Gasteiger charge is 2.19. The molecule has 0 aliphatic heterocycles. The van der Waals surface area contributed by atoms with Crippen LogP contribution in [0, 0.1) is 5.92 Å². The monoisotopic (exact) mass is 315 g/mol. The van der Waals surface area contributed by atoms with E-state index in [0.717, 1.165) is 29.9 Å². The molecule has 0 saturated carbocycles. The second-order valence-corrected chi connectivity index (χ2v) is 6.04. The maximum Gasteiger partial charge on any atom is 0.0695 e. The van der Waals surface area contributed by atoms with Crippen LogP contribution in [-0.2, 0) is 6.54 Å². The van der Waals surface area contributed by atoms with Crippen molar-refractivity contribution in [1.29, 1.82) is 0 Å². The summed E-state index contributed by atoms with van der Waals surface area (Å²) in [6, 6.07) is 0.404. The lowest BCUT2D eigenvalue weighted by Gasteiger charge is -2.21. The molecule has 0 aliphatic rings. The molecule has 1 aromatic heterocycles. The maximum absolute atomic E-state index is 4.47. The number of aromatic nitrogens is 2. The third kappa shape index (κ3) is 4.39. The summed E-state index contributed by atoms with van der Waals surface area (Å²) in [7, 11) is 0. The van der Waals surface area contributed by atoms with Gasteiger partial charge in [-0.1, -0.05) is 27.7 Å². The van der Waals surface area contributed by atoms with Crippen molar-refractivity contribution in [1.82, 2.24) is 15.1 Å². The normalized spacial score (nSPS) is 13.2. The van der Waals surface area contributed by atoms with Gasteiger partial charge in [-0.15, -0.1) is 0 Å². The molecule has 1 rings (SSSR count). The van der Waals surface area contributed by atoms with Gasteiger partial charge in [0.25, 0.3) is 0 Å². The number of hydrogen-bond acceptors (Lipinski definition) is 2. The summed E-state index contributed by atoms with van der Waals surface area (Å²) in [5.74, 6) is 0.743. The Balaban J connectivity index is 2.85. The standard InChI is InChI=1S/C14H26BrN3/c1-5-9-18-14(12(15)10-17-18)13(16-6-2)8-7-11(3)4/h10-11,13,16H,5-9H2,1-4H3. The van der Waals surface area contributed by atoms with Gasteiger partial charge in [-0.3, -0.25) is 4.68 Å². The van der Waals surface area contributed by atoms with Crippen LogP contribution in [0.25, 0.3) is 0 Å². The molecule has 0 bridgehead atoms. The van der Waals surface area contributed by atoms with E-state index in [2.05, 4.69) is 58.7 Å². The third-order valence-electron chi connectivity index (χ3n) is 3.08. The van der Waals surface area contributed by atoms with Crippen LogP contribution in [0.2, 0.25) is 0 Å². The zero-order valence-corrected chi connectivity index (χ0v) is 13.6. The van der Waals surface area contributed by atoms with Crippen molar-refractivity contribution in [2.24, 2.45) is 5.92 Å². The summed E-state index contributed by atoms with van der Waals surface area (Å²) in [4.78, 5) is 0. The van der Waals surface area contributed by atoms with Crippen LogP contribution in [0.3, 0.4) is 0 Å². The van der Waals surface area contributed by atoms with Gasteiger partial charge in [0.1, 0.15) is 0 Å². The molecule has 0 fully saturated rings. The van der Waals surface area contributed by atoms with Gasteiger partial charge < -0.3 is 5.32 Å². The minimum Gasteiger partial charge on any atom is -0.309 e. The molecular weight excluding hydrogens is 290 g/mol. The van der Waals surface area contributed by atoms with Crippen LogP contribution in [0.1, 0.15) is 58.7 Å². The number of nitrogens with one attached hydrogen (secondary N) is 1. The molecule has 0 amide bonds. The zero-order chi connectivity index (χ0) is 13.5. The Labute approximate surface area is 119 Å². The lowest BCUT2D eigenvalue weighted by Crippen LogP contribution is -2.24. The first-order valence-corrected chi connectivity index (χ1v) is 7.84. The molecule has 3 nitrogen and oxygen atoms in total. The van der Waals surface area contributed by atoms with Gasteiger partial charge in [-0.05, 0) is 47.7 Å². The van der Waals surface area contributed by atoms with Gasteiger partial charge in [0.05, 0.1) is 22.4 Å². The molecule has 1 unspecified atom stereocenters. The van der Waals surface area contributed by atoms with Gasteiger partial charge in [-0.25, -0.2) is 0 Å². The predicted molar refractivity (Wildman–Crippen MR) is 80.7 cm³/mol. The van der Waals surface area contributed by atoms with Crippen LogP contribution in [0.5, 0.6) is 0 Å². The molecule has 0 radical (unpaired) electrons. The van der Waals surface area contributed by atoms with E-state index in [1.165, 1.54) is 18.5 Å². The lowest BCUT2D eigenvalue weighted by molar-refractivity contribution is 0.416. The molecule has 1 atom stereocenters. The van der Waals surface area contributed by atoms with E-state index >= 15 is 0 Å². The Bertz CT molecular complexity index is 347. The molecule has 4 heteroatoms. The molecule has 0 aliphatic carbocycles. The molecule has 18 heavy (non-hydrogen) atoms. The van der Waals surface area contributed by atoms with Crippen molar-refractivity contribution < 1.29 is 0 Å². The van der Waals surface area contributed by atoms with E-state index in [4.69, 9.17) is 0 Å². The molecule has 1 heterocycles. The Morgan fingerprint density at radius 1 is 1.33 bits per heavy atom. The number of halogens is 1. The summed E-state index contributed by atoms with van der Waals surface area (Å²) in [6.07, 6.45) is 5.44. The topological polar surface area (TPSA) is 29.9 Å². The highest BCUT2D eigenvalue weighted by atomic mass is 79.9. The Kier molecular flexibility index (Phi) is 6.94. The van der Waals surface area contributed by atoms with Crippen molar-refractivity contribution in [3.05, 3.63) is 16.4 Å². The van der Waals surface area contributed by atoms with Gasteiger partial charge >= 0.3 is 0 Å². The Morgan fingerprint density at radius 2 is 2.06 bits per heavy atom. The summed E-state index contributed by atoms with van der Waals surface area (Å²) in [6.45, 7) is 10.9. The van der Waals surface area contributed by atoms with Crippen molar-refractivity contribution in [3.63, 3.8) is 0 Å². The summed E-state index contributed by atoms with van der Waals surface area (Å²) in [5.41, 5.74) is 1.30. The van der Waals surface area contributed by atoms with Gasteiger partial charge in [0.15, 0.2) is 0 Å². The van der Waals surface area contributed by atoms with Gasteiger partial charge in [0.2, 0.25) is 0 Å². The number of aryl methyl sites for hydroxylation is 1. The first kappa shape index (κ1) is 15.7. The molecule has 1 aromatic rings. The van der Waals surface area contributed by atoms with E-state index in [1.807, 2.05) is 6.20 Å². The Hall–Kier alpha value is -0.350. The van der Waals surface area contributed by atoms with Crippen LogP contribution in [0.4, 0.5) is 0 Å². The minimum absolute atomic E-state index is 0.404. The lowest BCUT2D eigenvalue weighted by atomic mass is 10.0. The van der Waals surface area contributed by atoms with Crippen LogP contribution >= 0.6 is 15.9 Å². The smallest absolute Gasteiger partial charge is 0.0695 e. The molecule has 0 saturated heterocycles. The molecule has 0 spiro atoms. The molecule has 1 N–H and O–H groups in total. The fourth-order valence-electron chi connectivity index (χ4n) is 2.19. The minimum atomic E-state index is 0.404. The third-order valence-corrected chi connectivity index (χ3v) is 3.69. The summed E-state index contributed by atoms with van der Waals surface area (Å²) < 4.78 is 3.27. The van der Waals surface area contributed by atoms with Crippen LogP contribution in [-0.4, -0.2) is 16.3 Å². The number of hydrogen-bond donors (Lipinski definition) is 1. The maximum atomic E-state index is 4.47. The fraction of sp³-hybridized carbons (Fsp3) is 0.786. The van der Waals surface area contributed by atoms with Crippen molar-refractivity contribution >= 4 is 15.9 Å². The second kappa shape index (κ2) is 7.95. The first-order valence-electron chi connectivity index (χ1n) is 7.04. The van der Waals surface area contributed by atoms with Gasteiger partial charge in [0, 0.05) is 6.54 Å². The van der Waals surface area contributed by atoms with E-state index in [1.54, 1.807) is 0 Å².